The fourth-order valence-corrected chi connectivity index (χ4v) is 3.69. The minimum absolute atomic E-state index is 0.128. The molecule has 0 aliphatic heterocycles. The maximum absolute atomic E-state index is 13.3. The van der Waals surface area contributed by atoms with E-state index in [0.717, 1.165) is 12.1 Å². The monoisotopic (exact) mass is 459 g/mol. The topological polar surface area (TPSA) is 118 Å². The Morgan fingerprint density at radius 1 is 0.938 bits per heavy atom. The summed E-state index contributed by atoms with van der Waals surface area (Å²) < 4.78 is 53.1. The minimum atomic E-state index is -4.15. The second-order valence-corrected chi connectivity index (χ2v) is 8.08. The number of halogens is 2. The number of hydrogen-bond acceptors (Lipinski definition) is 5. The fourth-order valence-electron chi connectivity index (χ4n) is 2.62. The number of para-hydroxylation sites is 1. The van der Waals surface area contributed by atoms with Crippen LogP contribution in [0.3, 0.4) is 0 Å². The zero-order valence-electron chi connectivity index (χ0n) is 16.2. The molecule has 0 spiro atoms. The third-order valence-electron chi connectivity index (χ3n) is 4.15. The van der Waals surface area contributed by atoms with E-state index in [1.807, 2.05) is 0 Å². The van der Waals surface area contributed by atoms with Crippen molar-refractivity contribution in [1.82, 2.24) is 0 Å². The van der Waals surface area contributed by atoms with Gasteiger partial charge in [-0.1, -0.05) is 12.1 Å². The maximum Gasteiger partial charge on any atom is 0.276 e. The summed E-state index contributed by atoms with van der Waals surface area (Å²) in [6.07, 6.45) is 2.43. The fraction of sp³-hybridized carbons (Fsp3) is 0. The number of carbonyl (C=O) groups is 1. The van der Waals surface area contributed by atoms with Crippen LogP contribution in [-0.2, 0) is 14.8 Å². The lowest BCUT2D eigenvalue weighted by molar-refractivity contribution is -0.385. The number of anilines is 2. The molecule has 164 valence electrons. The molecule has 0 heterocycles. The molecule has 0 aliphatic rings. The van der Waals surface area contributed by atoms with Crippen LogP contribution >= 0.6 is 0 Å². The molecule has 0 fully saturated rings. The molecule has 0 saturated heterocycles. The van der Waals surface area contributed by atoms with Gasteiger partial charge in [0, 0.05) is 23.5 Å². The Morgan fingerprint density at radius 2 is 1.59 bits per heavy atom. The van der Waals surface area contributed by atoms with Crippen molar-refractivity contribution in [3.8, 4) is 0 Å². The molecule has 0 saturated carbocycles. The standard InChI is InChI=1S/C21H15F2N3O5S/c22-18-11-10-17(13-19(18)23)32(30,31)25-16-8-6-15(7-9-16)24-21(27)12-5-14-3-1-2-4-20(14)26(28)29/h1-13,25H,(H,24,27)/b12-5+. The lowest BCUT2D eigenvalue weighted by Crippen LogP contribution is -2.13. The first-order valence-electron chi connectivity index (χ1n) is 8.96. The average molecular weight is 459 g/mol. The van der Waals surface area contributed by atoms with Gasteiger partial charge in [-0.2, -0.15) is 0 Å². The number of sulfonamides is 1. The van der Waals surface area contributed by atoms with E-state index in [0.29, 0.717) is 17.8 Å². The number of amides is 1. The van der Waals surface area contributed by atoms with Gasteiger partial charge in [0.1, 0.15) is 0 Å². The van der Waals surface area contributed by atoms with Gasteiger partial charge in [0.15, 0.2) is 11.6 Å². The van der Waals surface area contributed by atoms with Crippen LogP contribution in [0, 0.1) is 21.7 Å². The summed E-state index contributed by atoms with van der Waals surface area (Å²) in [5.74, 6) is -3.02. The first kappa shape index (κ1) is 22.6. The van der Waals surface area contributed by atoms with Crippen molar-refractivity contribution in [2.24, 2.45) is 0 Å². The van der Waals surface area contributed by atoms with Gasteiger partial charge < -0.3 is 5.32 Å². The van der Waals surface area contributed by atoms with E-state index in [2.05, 4.69) is 10.0 Å². The minimum Gasteiger partial charge on any atom is -0.323 e. The Kier molecular flexibility index (Phi) is 6.59. The molecule has 3 aromatic rings. The number of carbonyl (C=O) groups excluding carboxylic acids is 1. The molecule has 2 N–H and O–H groups in total. The Labute approximate surface area is 181 Å². The van der Waals surface area contributed by atoms with E-state index in [9.17, 15) is 32.1 Å². The molecule has 0 unspecified atom stereocenters. The molecular formula is C21H15F2N3O5S. The van der Waals surface area contributed by atoms with Gasteiger partial charge in [-0.05, 0) is 54.6 Å². The molecule has 8 nitrogen and oxygen atoms in total. The number of rotatable bonds is 7. The second-order valence-electron chi connectivity index (χ2n) is 6.40. The number of hydrogen-bond donors (Lipinski definition) is 2. The summed E-state index contributed by atoms with van der Waals surface area (Å²) in [6.45, 7) is 0. The number of nitro benzene ring substituents is 1. The van der Waals surface area contributed by atoms with Crippen LogP contribution in [0.15, 0.2) is 77.7 Å². The van der Waals surface area contributed by atoms with Gasteiger partial charge in [-0.25, -0.2) is 17.2 Å². The predicted molar refractivity (Wildman–Crippen MR) is 114 cm³/mol. The maximum atomic E-state index is 13.3. The highest BCUT2D eigenvalue weighted by molar-refractivity contribution is 7.92. The average Bonchev–Trinajstić information content (AvgIpc) is 2.75. The number of nitro groups is 1. The van der Waals surface area contributed by atoms with Crippen molar-refractivity contribution in [1.29, 1.82) is 0 Å². The number of nitrogens with zero attached hydrogens (tertiary/aromatic N) is 1. The Balaban J connectivity index is 1.66. The molecule has 3 rings (SSSR count). The summed E-state index contributed by atoms with van der Waals surface area (Å²) in [6, 6.07) is 13.7. The van der Waals surface area contributed by atoms with Crippen LogP contribution in [-0.4, -0.2) is 19.2 Å². The van der Waals surface area contributed by atoms with Gasteiger partial charge in [-0.3, -0.25) is 19.6 Å². The van der Waals surface area contributed by atoms with Crippen molar-refractivity contribution in [2.45, 2.75) is 4.90 Å². The first-order valence-corrected chi connectivity index (χ1v) is 10.4. The summed E-state index contributed by atoms with van der Waals surface area (Å²) in [5, 5.41) is 13.5. The smallest absolute Gasteiger partial charge is 0.276 e. The summed E-state index contributed by atoms with van der Waals surface area (Å²) in [5.41, 5.74) is 0.574. The third-order valence-corrected chi connectivity index (χ3v) is 5.53. The number of nitrogens with one attached hydrogen (secondary N) is 2. The molecule has 1 amide bonds. The van der Waals surface area contributed by atoms with Gasteiger partial charge in [-0.15, -0.1) is 0 Å². The van der Waals surface area contributed by atoms with E-state index in [1.165, 1.54) is 48.5 Å². The van der Waals surface area contributed by atoms with Crippen molar-refractivity contribution in [3.05, 3.63) is 100 Å². The van der Waals surface area contributed by atoms with E-state index in [-0.39, 0.29) is 16.9 Å². The van der Waals surface area contributed by atoms with E-state index >= 15 is 0 Å². The summed E-state index contributed by atoms with van der Waals surface area (Å²) in [7, 11) is -4.15. The Bertz CT molecular complexity index is 1310. The zero-order chi connectivity index (χ0) is 23.3. The Hall–Kier alpha value is -4.12. The Morgan fingerprint density at radius 3 is 2.25 bits per heavy atom. The van der Waals surface area contributed by atoms with Crippen LogP contribution in [0.5, 0.6) is 0 Å². The quantitative estimate of drug-likeness (QED) is 0.310. The zero-order valence-corrected chi connectivity index (χ0v) is 17.0. The first-order chi connectivity index (χ1) is 15.2. The lowest BCUT2D eigenvalue weighted by Gasteiger charge is -2.09. The predicted octanol–water partition coefficient (Wildman–Crippen LogP) is 4.33. The summed E-state index contributed by atoms with van der Waals surface area (Å²) in [4.78, 5) is 22.1. The van der Waals surface area contributed by atoms with Gasteiger partial charge >= 0.3 is 0 Å². The van der Waals surface area contributed by atoms with Gasteiger partial charge in [0.05, 0.1) is 15.4 Å². The van der Waals surface area contributed by atoms with Crippen LogP contribution < -0.4 is 10.0 Å². The molecule has 0 bridgehead atoms. The largest absolute Gasteiger partial charge is 0.323 e. The molecule has 0 aliphatic carbocycles. The van der Waals surface area contributed by atoms with Crippen molar-refractivity contribution in [2.75, 3.05) is 10.0 Å². The highest BCUT2D eigenvalue weighted by Gasteiger charge is 2.17. The van der Waals surface area contributed by atoms with Crippen LogP contribution in [0.2, 0.25) is 0 Å². The van der Waals surface area contributed by atoms with Crippen molar-refractivity contribution < 1.29 is 26.9 Å². The molecule has 3 aromatic carbocycles. The van der Waals surface area contributed by atoms with Gasteiger partial charge in [0.25, 0.3) is 15.7 Å². The van der Waals surface area contributed by atoms with Crippen molar-refractivity contribution in [3.63, 3.8) is 0 Å². The van der Waals surface area contributed by atoms with E-state index in [4.69, 9.17) is 0 Å². The van der Waals surface area contributed by atoms with Crippen molar-refractivity contribution >= 4 is 39.1 Å². The molecular weight excluding hydrogens is 444 g/mol. The molecule has 0 aromatic heterocycles. The van der Waals surface area contributed by atoms with E-state index < -0.39 is 37.4 Å². The SMILES string of the molecule is O=C(/C=C/c1ccccc1[N+](=O)[O-])Nc1ccc(NS(=O)(=O)c2ccc(F)c(F)c2)cc1. The second kappa shape index (κ2) is 9.35. The van der Waals surface area contributed by atoms with E-state index in [1.54, 1.807) is 6.07 Å². The summed E-state index contributed by atoms with van der Waals surface area (Å²) >= 11 is 0. The molecule has 32 heavy (non-hydrogen) atoms. The highest BCUT2D eigenvalue weighted by atomic mass is 32.2. The van der Waals surface area contributed by atoms with Crippen LogP contribution in [0.25, 0.3) is 6.08 Å². The molecule has 0 radical (unpaired) electrons. The van der Waals surface area contributed by atoms with Crippen LogP contribution in [0.4, 0.5) is 25.8 Å². The lowest BCUT2D eigenvalue weighted by atomic mass is 10.1. The molecule has 11 heteroatoms. The highest BCUT2D eigenvalue weighted by Crippen LogP contribution is 2.21. The van der Waals surface area contributed by atoms with Gasteiger partial charge in [0.2, 0.25) is 5.91 Å². The number of benzene rings is 3. The third kappa shape index (κ3) is 5.52. The molecule has 0 atom stereocenters. The van der Waals surface area contributed by atoms with Crippen LogP contribution in [0.1, 0.15) is 5.56 Å². The normalized spacial score (nSPS) is 11.3.